The molecule has 0 amide bonds. The first-order valence-electron chi connectivity index (χ1n) is 9.85. The predicted octanol–water partition coefficient (Wildman–Crippen LogP) is 8.07. The molecule has 1 atom stereocenters. The third-order valence-electron chi connectivity index (χ3n) is 4.33. The van der Waals surface area contributed by atoms with Crippen molar-refractivity contribution in [3.8, 4) is 36.4 Å². The van der Waals surface area contributed by atoms with Gasteiger partial charge in [0, 0.05) is 25.9 Å². The van der Waals surface area contributed by atoms with E-state index in [1.54, 1.807) is 28.7 Å². The summed E-state index contributed by atoms with van der Waals surface area (Å²) in [5.41, 5.74) is 0. The van der Waals surface area contributed by atoms with E-state index in [0.29, 0.717) is 5.06 Å². The van der Waals surface area contributed by atoms with E-state index >= 15 is 0 Å². The maximum Gasteiger partial charge on any atom is 0.365 e. The van der Waals surface area contributed by atoms with Crippen LogP contribution in [0.4, 0.5) is 0 Å². The normalized spacial score (nSPS) is 11.8. The lowest BCUT2D eigenvalue weighted by Crippen LogP contribution is -1.77. The average molecular weight is 465 g/mol. The molecule has 154 valence electrons. The van der Waals surface area contributed by atoms with Gasteiger partial charge < -0.3 is 9.42 Å². The molecule has 3 heterocycles. The second-order valence-corrected chi connectivity index (χ2v) is 10.6. The third kappa shape index (κ3) is 7.13. The van der Waals surface area contributed by atoms with Gasteiger partial charge in [0.25, 0.3) is 0 Å². The molecule has 0 bridgehead atoms. The number of hydrogen-bond donors (Lipinski definition) is 1. The van der Waals surface area contributed by atoms with Crippen LogP contribution in [-0.2, 0) is 4.57 Å². The average Bonchev–Trinajstić information content (AvgIpc) is 3.43. The van der Waals surface area contributed by atoms with Gasteiger partial charge in [-0.2, -0.15) is 0 Å². The fourth-order valence-corrected chi connectivity index (χ4v) is 6.30. The maximum atomic E-state index is 10.8. The Kier molecular flexibility index (Phi) is 9.04. The molecule has 29 heavy (non-hydrogen) atoms. The molecule has 0 spiro atoms. The van der Waals surface area contributed by atoms with Gasteiger partial charge in [-0.05, 0) is 42.8 Å². The Morgan fingerprint density at radius 2 is 1.48 bits per heavy atom. The van der Waals surface area contributed by atoms with Crippen LogP contribution in [0.1, 0.15) is 56.7 Å². The molecular formula is C22H25O3PS3. The van der Waals surface area contributed by atoms with E-state index in [1.165, 1.54) is 59.6 Å². The Bertz CT molecular complexity index is 990. The van der Waals surface area contributed by atoms with Gasteiger partial charge in [0.2, 0.25) is 0 Å². The highest BCUT2D eigenvalue weighted by molar-refractivity contribution is 7.33. The SMILES string of the molecule is CCCCCCCCC#Cc1ccc(-c2ccc(-c3ccc(O[PH](=O)O)s3)s2)s1. The van der Waals surface area contributed by atoms with Gasteiger partial charge in [-0.3, -0.25) is 0 Å². The summed E-state index contributed by atoms with van der Waals surface area (Å²) in [6.45, 7) is 2.24. The van der Waals surface area contributed by atoms with Crippen molar-refractivity contribution in [3.05, 3.63) is 41.3 Å². The molecular weight excluding hydrogens is 439 g/mol. The first-order valence-corrected chi connectivity index (χ1v) is 13.6. The lowest BCUT2D eigenvalue weighted by molar-refractivity contribution is 0.415. The van der Waals surface area contributed by atoms with Crippen molar-refractivity contribution in [1.82, 2.24) is 0 Å². The van der Waals surface area contributed by atoms with Gasteiger partial charge in [-0.25, -0.2) is 4.57 Å². The van der Waals surface area contributed by atoms with Crippen molar-refractivity contribution >= 4 is 42.3 Å². The fraction of sp³-hybridized carbons (Fsp3) is 0.364. The van der Waals surface area contributed by atoms with E-state index in [4.69, 9.17) is 9.42 Å². The van der Waals surface area contributed by atoms with Crippen LogP contribution in [0.2, 0.25) is 0 Å². The number of hydrogen-bond acceptors (Lipinski definition) is 5. The minimum absolute atomic E-state index is 0.473. The Labute approximate surface area is 185 Å². The molecule has 1 unspecified atom stereocenters. The van der Waals surface area contributed by atoms with Gasteiger partial charge in [-0.1, -0.05) is 62.2 Å². The van der Waals surface area contributed by atoms with Gasteiger partial charge in [0.15, 0.2) is 5.06 Å². The van der Waals surface area contributed by atoms with Crippen LogP contribution < -0.4 is 4.52 Å². The molecule has 7 heteroatoms. The van der Waals surface area contributed by atoms with E-state index in [2.05, 4.69) is 43.0 Å². The summed E-state index contributed by atoms with van der Waals surface area (Å²) in [5, 5.41) is 0.473. The standard InChI is InChI=1S/C22H25O3PS3/c1-2-3-4-5-6-7-8-9-10-17-11-12-18(27-17)19-13-14-20(28-19)21-15-16-22(29-21)25-26(23)24/h11-16,26H,2-8H2,1H3,(H,23,24). The van der Waals surface area contributed by atoms with Gasteiger partial charge >= 0.3 is 8.25 Å². The molecule has 0 aliphatic heterocycles. The van der Waals surface area contributed by atoms with Crippen molar-refractivity contribution in [2.24, 2.45) is 0 Å². The monoisotopic (exact) mass is 464 g/mol. The second kappa shape index (κ2) is 11.7. The first kappa shape index (κ1) is 22.3. The van der Waals surface area contributed by atoms with Crippen molar-refractivity contribution < 1.29 is 14.0 Å². The molecule has 3 rings (SSSR count). The highest BCUT2D eigenvalue weighted by Gasteiger charge is 2.10. The lowest BCUT2D eigenvalue weighted by Gasteiger charge is -1.96. The van der Waals surface area contributed by atoms with Crippen LogP contribution in [0.3, 0.4) is 0 Å². The summed E-state index contributed by atoms with van der Waals surface area (Å²) in [7, 11) is -2.95. The number of unbranched alkanes of at least 4 members (excludes halogenated alkanes) is 6. The molecule has 3 aromatic rings. The zero-order valence-electron chi connectivity index (χ0n) is 16.4. The minimum Gasteiger partial charge on any atom is -0.416 e. The van der Waals surface area contributed by atoms with Crippen LogP contribution in [0.15, 0.2) is 36.4 Å². The van der Waals surface area contributed by atoms with Crippen molar-refractivity contribution in [2.45, 2.75) is 51.9 Å². The Morgan fingerprint density at radius 3 is 2.24 bits per heavy atom. The predicted molar refractivity (Wildman–Crippen MR) is 128 cm³/mol. The zero-order chi connectivity index (χ0) is 20.5. The largest absolute Gasteiger partial charge is 0.416 e. The fourth-order valence-electron chi connectivity index (χ4n) is 2.88. The lowest BCUT2D eigenvalue weighted by atomic mass is 10.1. The minimum atomic E-state index is -2.95. The molecule has 3 aromatic heterocycles. The van der Waals surface area contributed by atoms with E-state index in [9.17, 15) is 4.57 Å². The van der Waals surface area contributed by atoms with Crippen LogP contribution in [-0.4, -0.2) is 4.89 Å². The zero-order valence-corrected chi connectivity index (χ0v) is 19.9. The molecule has 0 fully saturated rings. The summed E-state index contributed by atoms with van der Waals surface area (Å²) in [4.78, 5) is 14.6. The molecule has 0 aliphatic carbocycles. The molecule has 3 nitrogen and oxygen atoms in total. The molecule has 0 aromatic carbocycles. The number of rotatable bonds is 10. The Morgan fingerprint density at radius 1 is 0.862 bits per heavy atom. The molecule has 1 N–H and O–H groups in total. The summed E-state index contributed by atoms with van der Waals surface area (Å²) in [6, 6.07) is 12.1. The smallest absolute Gasteiger partial charge is 0.365 e. The van der Waals surface area contributed by atoms with Crippen LogP contribution in [0, 0.1) is 11.8 Å². The summed E-state index contributed by atoms with van der Waals surface area (Å²) in [5.74, 6) is 6.62. The third-order valence-corrected chi connectivity index (χ3v) is 8.32. The Balaban J connectivity index is 1.54. The second-order valence-electron chi connectivity index (χ2n) is 6.63. The summed E-state index contributed by atoms with van der Waals surface area (Å²) in [6.07, 6.45) is 8.78. The van der Waals surface area contributed by atoms with E-state index in [1.807, 2.05) is 6.07 Å². The van der Waals surface area contributed by atoms with Crippen LogP contribution in [0.5, 0.6) is 5.06 Å². The highest BCUT2D eigenvalue weighted by Crippen LogP contribution is 2.42. The van der Waals surface area contributed by atoms with E-state index in [-0.39, 0.29) is 0 Å². The van der Waals surface area contributed by atoms with Crippen molar-refractivity contribution in [2.75, 3.05) is 0 Å². The van der Waals surface area contributed by atoms with Gasteiger partial charge in [0.1, 0.15) is 0 Å². The van der Waals surface area contributed by atoms with E-state index < -0.39 is 8.25 Å². The summed E-state index contributed by atoms with van der Waals surface area (Å²) < 4.78 is 15.7. The molecule has 0 saturated heterocycles. The first-order chi connectivity index (χ1) is 14.2. The maximum absolute atomic E-state index is 10.8. The quantitative estimate of drug-likeness (QED) is 0.187. The summed E-state index contributed by atoms with van der Waals surface area (Å²) >= 11 is 4.82. The van der Waals surface area contributed by atoms with Crippen molar-refractivity contribution in [1.29, 1.82) is 0 Å². The van der Waals surface area contributed by atoms with Crippen molar-refractivity contribution in [3.63, 3.8) is 0 Å². The topological polar surface area (TPSA) is 46.5 Å². The molecule has 0 aliphatic rings. The van der Waals surface area contributed by atoms with Gasteiger partial charge in [0.05, 0.1) is 4.88 Å². The van der Waals surface area contributed by atoms with Gasteiger partial charge in [-0.15, -0.1) is 22.7 Å². The van der Waals surface area contributed by atoms with E-state index in [0.717, 1.165) is 21.1 Å². The molecule has 0 radical (unpaired) electrons. The van der Waals surface area contributed by atoms with Crippen LogP contribution >= 0.6 is 42.3 Å². The Hall–Kier alpha value is -1.35. The number of thiophene rings is 3. The highest BCUT2D eigenvalue weighted by atomic mass is 32.1. The van der Waals surface area contributed by atoms with Crippen LogP contribution in [0.25, 0.3) is 19.5 Å². The molecule has 0 saturated carbocycles.